The Bertz CT molecular complexity index is 1120. The summed E-state index contributed by atoms with van der Waals surface area (Å²) in [6.45, 7) is 3.91. The molecule has 2 aromatic heterocycles. The van der Waals surface area contributed by atoms with Crippen molar-refractivity contribution in [3.63, 3.8) is 0 Å². The number of rotatable bonds is 7. The van der Waals surface area contributed by atoms with E-state index in [1.165, 1.54) is 29.8 Å². The number of carbonyl (C=O) groups is 1. The molecule has 0 amide bonds. The summed E-state index contributed by atoms with van der Waals surface area (Å²) in [5.41, 5.74) is 1.33. The zero-order chi connectivity index (χ0) is 22.7. The first-order chi connectivity index (χ1) is 15.5. The number of esters is 1. The number of ether oxygens (including phenoxy) is 3. The Morgan fingerprint density at radius 3 is 2.88 bits per heavy atom. The van der Waals surface area contributed by atoms with E-state index in [1.54, 1.807) is 20.1 Å². The van der Waals surface area contributed by atoms with E-state index in [-0.39, 0.29) is 24.0 Å². The molecule has 2 heterocycles. The van der Waals surface area contributed by atoms with E-state index in [9.17, 15) is 9.18 Å². The Morgan fingerprint density at radius 1 is 1.28 bits per heavy atom. The van der Waals surface area contributed by atoms with E-state index in [2.05, 4.69) is 15.3 Å². The van der Waals surface area contributed by atoms with Gasteiger partial charge in [0, 0.05) is 19.6 Å². The summed E-state index contributed by atoms with van der Waals surface area (Å²) >= 11 is 1.26. The molecule has 0 unspecified atom stereocenters. The van der Waals surface area contributed by atoms with Crippen molar-refractivity contribution in [2.75, 3.05) is 19.0 Å². The number of methoxy groups -OCH3 is 1. The van der Waals surface area contributed by atoms with Crippen molar-refractivity contribution in [1.82, 2.24) is 9.97 Å². The van der Waals surface area contributed by atoms with Crippen LogP contribution in [0.4, 0.5) is 15.9 Å². The maximum atomic E-state index is 14.1. The summed E-state index contributed by atoms with van der Waals surface area (Å²) < 4.78 is 30.9. The van der Waals surface area contributed by atoms with Crippen LogP contribution < -0.4 is 10.1 Å². The lowest BCUT2D eigenvalue weighted by atomic mass is 9.95. The van der Waals surface area contributed by atoms with Gasteiger partial charge in [-0.15, -0.1) is 11.3 Å². The molecule has 9 heteroatoms. The highest BCUT2D eigenvalue weighted by Crippen LogP contribution is 2.37. The minimum absolute atomic E-state index is 0.0558. The first-order valence-corrected chi connectivity index (χ1v) is 11.5. The highest BCUT2D eigenvalue weighted by atomic mass is 32.1. The molecule has 1 aliphatic rings. The van der Waals surface area contributed by atoms with Crippen LogP contribution in [0.2, 0.25) is 0 Å². The molecule has 170 valence electrons. The molecule has 0 saturated heterocycles. The lowest BCUT2D eigenvalue weighted by Gasteiger charge is -2.29. The first-order valence-electron chi connectivity index (χ1n) is 10.7. The number of halogens is 1. The van der Waals surface area contributed by atoms with E-state index in [4.69, 9.17) is 14.2 Å². The second-order valence-corrected chi connectivity index (χ2v) is 8.71. The predicted octanol–water partition coefficient (Wildman–Crippen LogP) is 5.40. The van der Waals surface area contributed by atoms with Gasteiger partial charge in [0.15, 0.2) is 0 Å². The van der Waals surface area contributed by atoms with Crippen LogP contribution in [-0.2, 0) is 9.47 Å². The van der Waals surface area contributed by atoms with Gasteiger partial charge in [0.25, 0.3) is 0 Å². The smallest absolute Gasteiger partial charge is 0.348 e. The summed E-state index contributed by atoms with van der Waals surface area (Å²) in [6, 6.07) is 4.38. The number of nitrogens with one attached hydrogen (secondary N) is 1. The van der Waals surface area contributed by atoms with Crippen LogP contribution >= 0.6 is 11.3 Å². The number of hydrogen-bond acceptors (Lipinski definition) is 8. The van der Waals surface area contributed by atoms with Crippen molar-refractivity contribution in [3.8, 4) is 5.75 Å². The van der Waals surface area contributed by atoms with Gasteiger partial charge in [0.05, 0.1) is 23.8 Å². The first kappa shape index (κ1) is 22.4. The average Bonchev–Trinajstić information content (AvgIpc) is 3.13. The quantitative estimate of drug-likeness (QED) is 0.474. The molecular formula is C23H26FN3O4S. The summed E-state index contributed by atoms with van der Waals surface area (Å²) in [7, 11) is 1.70. The second-order valence-electron chi connectivity index (χ2n) is 7.71. The number of benzene rings is 1. The lowest BCUT2D eigenvalue weighted by molar-refractivity contribution is 0.0211. The molecule has 3 aromatic rings. The molecule has 4 rings (SSSR count). The van der Waals surface area contributed by atoms with Crippen molar-refractivity contribution >= 4 is 39.0 Å². The fraction of sp³-hybridized carbons (Fsp3) is 0.435. The molecule has 1 fully saturated rings. The van der Waals surface area contributed by atoms with Crippen molar-refractivity contribution in [3.05, 3.63) is 40.8 Å². The summed E-state index contributed by atoms with van der Waals surface area (Å²) in [5.74, 6) is 0.176. The van der Waals surface area contributed by atoms with Gasteiger partial charge in [0.2, 0.25) is 0 Å². The Hall–Kier alpha value is -2.78. The van der Waals surface area contributed by atoms with Gasteiger partial charge >= 0.3 is 5.97 Å². The topological polar surface area (TPSA) is 82.6 Å². The van der Waals surface area contributed by atoms with Gasteiger partial charge in [0.1, 0.15) is 39.5 Å². The highest BCUT2D eigenvalue weighted by molar-refractivity contribution is 7.20. The molecule has 0 spiro atoms. The Labute approximate surface area is 189 Å². The van der Waals surface area contributed by atoms with Crippen LogP contribution in [0.25, 0.3) is 10.2 Å². The van der Waals surface area contributed by atoms with Gasteiger partial charge in [-0.2, -0.15) is 0 Å². The summed E-state index contributed by atoms with van der Waals surface area (Å²) in [6.07, 6.45) is 5.18. The monoisotopic (exact) mass is 459 g/mol. The molecule has 1 N–H and O–H groups in total. The lowest BCUT2D eigenvalue weighted by Crippen LogP contribution is -2.29. The molecular weight excluding hydrogens is 433 g/mol. The Kier molecular flexibility index (Phi) is 6.86. The number of carbonyl (C=O) groups excluding carboxylic acids is 1. The number of thiophene rings is 1. The van der Waals surface area contributed by atoms with Crippen LogP contribution in [0.5, 0.6) is 5.75 Å². The fourth-order valence-electron chi connectivity index (χ4n) is 3.99. The van der Waals surface area contributed by atoms with Gasteiger partial charge in [-0.05, 0) is 50.8 Å². The van der Waals surface area contributed by atoms with Crippen LogP contribution in [0.1, 0.15) is 47.8 Å². The van der Waals surface area contributed by atoms with E-state index in [0.29, 0.717) is 33.6 Å². The third-order valence-electron chi connectivity index (χ3n) is 5.59. The van der Waals surface area contributed by atoms with Crippen molar-refractivity contribution in [1.29, 1.82) is 0 Å². The zero-order valence-electron chi connectivity index (χ0n) is 18.3. The predicted molar refractivity (Wildman–Crippen MR) is 121 cm³/mol. The van der Waals surface area contributed by atoms with Gasteiger partial charge < -0.3 is 19.5 Å². The van der Waals surface area contributed by atoms with E-state index in [1.807, 2.05) is 6.92 Å². The van der Waals surface area contributed by atoms with Crippen molar-refractivity contribution in [2.24, 2.45) is 0 Å². The standard InChI is InChI=1S/C23H26FN3O4S/c1-4-30-23(28)20-13(2)19-21(25-12-26-22(19)32-20)27-17-9-8-14(24)10-18(17)31-16-7-5-6-15(11-16)29-3/h8-10,12,15-16H,4-7,11H2,1-3H3,(H,25,26,27)/t15-,16-/m1/s1. The van der Waals surface area contributed by atoms with E-state index >= 15 is 0 Å². The minimum atomic E-state index is -0.381. The van der Waals surface area contributed by atoms with Crippen molar-refractivity contribution < 1.29 is 23.4 Å². The molecule has 1 saturated carbocycles. The number of aryl methyl sites for hydroxylation is 1. The third-order valence-corrected chi connectivity index (χ3v) is 6.77. The minimum Gasteiger partial charge on any atom is -0.488 e. The normalized spacial score (nSPS) is 18.5. The maximum absolute atomic E-state index is 14.1. The second kappa shape index (κ2) is 9.79. The number of hydrogen-bond donors (Lipinski definition) is 1. The SMILES string of the molecule is CCOC(=O)c1sc2ncnc(Nc3ccc(F)cc3O[C@@H]3CCC[C@@H](OC)C3)c2c1C. The largest absolute Gasteiger partial charge is 0.488 e. The Balaban J connectivity index is 1.65. The van der Waals surface area contributed by atoms with Gasteiger partial charge in [-0.25, -0.2) is 19.2 Å². The van der Waals surface area contributed by atoms with Crippen LogP contribution in [0.3, 0.4) is 0 Å². The molecule has 0 bridgehead atoms. The molecule has 1 aliphatic carbocycles. The van der Waals surface area contributed by atoms with Gasteiger partial charge in [-0.3, -0.25) is 0 Å². The number of aromatic nitrogens is 2. The van der Waals surface area contributed by atoms with Crippen LogP contribution in [-0.4, -0.2) is 41.9 Å². The zero-order valence-corrected chi connectivity index (χ0v) is 19.1. The van der Waals surface area contributed by atoms with Crippen LogP contribution in [0, 0.1) is 12.7 Å². The van der Waals surface area contributed by atoms with E-state index < -0.39 is 0 Å². The van der Waals surface area contributed by atoms with Gasteiger partial charge in [-0.1, -0.05) is 0 Å². The number of fused-ring (bicyclic) bond motifs is 1. The number of nitrogens with zero attached hydrogens (tertiary/aromatic N) is 2. The molecule has 0 radical (unpaired) electrons. The van der Waals surface area contributed by atoms with Crippen molar-refractivity contribution in [2.45, 2.75) is 51.7 Å². The molecule has 7 nitrogen and oxygen atoms in total. The summed E-state index contributed by atoms with van der Waals surface area (Å²) in [5, 5.41) is 3.99. The van der Waals surface area contributed by atoms with Crippen LogP contribution in [0.15, 0.2) is 24.5 Å². The third kappa shape index (κ3) is 4.68. The molecule has 1 aromatic carbocycles. The number of anilines is 2. The summed E-state index contributed by atoms with van der Waals surface area (Å²) in [4.78, 5) is 22.2. The highest BCUT2D eigenvalue weighted by Gasteiger charge is 2.25. The molecule has 0 aliphatic heterocycles. The Morgan fingerprint density at radius 2 is 2.09 bits per heavy atom. The average molecular weight is 460 g/mol. The molecule has 32 heavy (non-hydrogen) atoms. The molecule has 2 atom stereocenters. The van der Waals surface area contributed by atoms with E-state index in [0.717, 1.165) is 36.6 Å². The maximum Gasteiger partial charge on any atom is 0.348 e. The fourth-order valence-corrected chi connectivity index (χ4v) is 5.03.